The number of hydrogen-bond acceptors (Lipinski definition) is 6. The first kappa shape index (κ1) is 22.5. The molecular weight excluding hydrogens is 450 g/mol. The molecule has 0 radical (unpaired) electrons. The number of rotatable bonds is 3. The molecule has 2 saturated heterocycles. The molecule has 2 aliphatic rings. The van der Waals surface area contributed by atoms with Gasteiger partial charge >= 0.3 is 0 Å². The van der Waals surface area contributed by atoms with Crippen molar-refractivity contribution in [3.05, 3.63) is 72.8 Å². The fourth-order valence-corrected chi connectivity index (χ4v) is 5.16. The van der Waals surface area contributed by atoms with Gasteiger partial charge in [0.05, 0.1) is 16.8 Å². The Kier molecular flexibility index (Phi) is 5.85. The van der Waals surface area contributed by atoms with Crippen LogP contribution in [0.15, 0.2) is 72.1 Å². The van der Waals surface area contributed by atoms with Gasteiger partial charge in [-0.2, -0.15) is 8.42 Å². The summed E-state index contributed by atoms with van der Waals surface area (Å²) in [5.41, 5.74) is 5.35. The summed E-state index contributed by atoms with van der Waals surface area (Å²) in [5.74, 6) is 0.821. The molecule has 176 valence electrons. The first-order valence-corrected chi connectivity index (χ1v) is 12.6. The number of likely N-dealkylation sites (tertiary alicyclic amines) is 1. The lowest BCUT2D eigenvalue weighted by atomic mass is 9.93. The predicted molar refractivity (Wildman–Crippen MR) is 132 cm³/mol. The third-order valence-corrected chi connectivity index (χ3v) is 7.50. The van der Waals surface area contributed by atoms with Crippen LogP contribution in [-0.4, -0.2) is 65.5 Å². The number of likely N-dealkylation sites (N-methyl/N-ethyl adjacent to an activating group) is 1. The Balaban J connectivity index is 0.000000186. The van der Waals surface area contributed by atoms with Gasteiger partial charge in [0.25, 0.3) is 10.1 Å². The van der Waals surface area contributed by atoms with E-state index in [0.29, 0.717) is 0 Å². The molecule has 34 heavy (non-hydrogen) atoms. The molecule has 6 rings (SSSR count). The molecule has 0 unspecified atom stereocenters. The van der Waals surface area contributed by atoms with Crippen molar-refractivity contribution in [3.8, 4) is 11.1 Å². The van der Waals surface area contributed by atoms with E-state index in [1.54, 1.807) is 12.1 Å². The minimum absolute atomic E-state index is 0.0666. The number of anilines is 1. The summed E-state index contributed by atoms with van der Waals surface area (Å²) >= 11 is 0. The van der Waals surface area contributed by atoms with Crippen LogP contribution in [0.5, 0.6) is 0 Å². The molecule has 0 bridgehead atoms. The fraction of sp³-hybridized carbons (Fsp3) is 0.280. The molecule has 3 aromatic heterocycles. The Morgan fingerprint density at radius 2 is 1.76 bits per heavy atom. The van der Waals surface area contributed by atoms with Crippen molar-refractivity contribution in [2.24, 2.45) is 5.92 Å². The van der Waals surface area contributed by atoms with Crippen LogP contribution in [0.25, 0.3) is 22.2 Å². The van der Waals surface area contributed by atoms with Crippen molar-refractivity contribution < 1.29 is 13.0 Å². The zero-order valence-corrected chi connectivity index (χ0v) is 19.9. The molecule has 8 nitrogen and oxygen atoms in total. The van der Waals surface area contributed by atoms with Crippen molar-refractivity contribution in [1.82, 2.24) is 19.9 Å². The summed E-state index contributed by atoms with van der Waals surface area (Å²) in [6.45, 7) is 5.33. The molecule has 0 spiro atoms. The molecule has 5 heterocycles. The summed E-state index contributed by atoms with van der Waals surface area (Å²) in [6, 6.07) is 13.2. The second-order valence-corrected chi connectivity index (χ2v) is 10.5. The van der Waals surface area contributed by atoms with Gasteiger partial charge in [0.15, 0.2) is 0 Å². The van der Waals surface area contributed by atoms with Crippen LogP contribution in [0.2, 0.25) is 0 Å². The van der Waals surface area contributed by atoms with Crippen LogP contribution in [0.4, 0.5) is 5.69 Å². The van der Waals surface area contributed by atoms with Crippen molar-refractivity contribution in [3.63, 3.8) is 0 Å². The van der Waals surface area contributed by atoms with E-state index < -0.39 is 10.1 Å². The average Bonchev–Trinajstić information content (AvgIpc) is 3.43. The van der Waals surface area contributed by atoms with Gasteiger partial charge in [-0.1, -0.05) is 17.7 Å². The number of benzene rings is 1. The molecule has 0 aliphatic carbocycles. The van der Waals surface area contributed by atoms with Gasteiger partial charge in [-0.25, -0.2) is 4.98 Å². The normalized spacial score (nSPS) is 19.9. The van der Waals surface area contributed by atoms with Gasteiger partial charge in [0.2, 0.25) is 0 Å². The molecule has 9 heteroatoms. The fourth-order valence-electron chi connectivity index (χ4n) is 4.68. The van der Waals surface area contributed by atoms with Gasteiger partial charge in [-0.15, -0.1) is 0 Å². The Hall–Kier alpha value is -3.27. The molecule has 0 saturated carbocycles. The monoisotopic (exact) mass is 477 g/mol. The third kappa shape index (κ3) is 4.54. The SMILES string of the molecule is CN1C[C@H]2CN(c3cncc(-c4cnc5[nH]ccc5c4)c3)C[C@H]21.Cc1ccc(S(=O)(=O)O)cc1. The summed E-state index contributed by atoms with van der Waals surface area (Å²) in [6.07, 6.45) is 7.75. The lowest BCUT2D eigenvalue weighted by Crippen LogP contribution is -2.52. The summed E-state index contributed by atoms with van der Waals surface area (Å²) in [7, 11) is -1.80. The largest absolute Gasteiger partial charge is 0.368 e. The van der Waals surface area contributed by atoms with Crippen LogP contribution in [0, 0.1) is 12.8 Å². The molecule has 2 atom stereocenters. The van der Waals surface area contributed by atoms with E-state index in [1.165, 1.54) is 24.4 Å². The molecule has 4 aromatic rings. The van der Waals surface area contributed by atoms with E-state index >= 15 is 0 Å². The predicted octanol–water partition coefficient (Wildman–Crippen LogP) is 3.62. The highest BCUT2D eigenvalue weighted by atomic mass is 32.2. The molecule has 2 N–H and O–H groups in total. The van der Waals surface area contributed by atoms with E-state index in [9.17, 15) is 8.42 Å². The third-order valence-electron chi connectivity index (χ3n) is 6.64. The highest BCUT2D eigenvalue weighted by Gasteiger charge is 2.43. The Labute approximate surface area is 199 Å². The van der Waals surface area contributed by atoms with Gasteiger partial charge in [-0.05, 0) is 44.3 Å². The summed E-state index contributed by atoms with van der Waals surface area (Å²) in [5, 5.41) is 1.13. The molecule has 2 fully saturated rings. The number of pyridine rings is 2. The second kappa shape index (κ2) is 8.83. The number of H-pyrrole nitrogens is 1. The smallest absolute Gasteiger partial charge is 0.294 e. The lowest BCUT2D eigenvalue weighted by molar-refractivity contribution is 0.0827. The van der Waals surface area contributed by atoms with Gasteiger partial charge in [-0.3, -0.25) is 9.54 Å². The Morgan fingerprint density at radius 1 is 1.00 bits per heavy atom. The first-order chi connectivity index (χ1) is 16.3. The Bertz CT molecular complexity index is 1420. The number of aryl methyl sites for hydroxylation is 1. The molecule has 0 amide bonds. The van der Waals surface area contributed by atoms with Crippen LogP contribution >= 0.6 is 0 Å². The first-order valence-electron chi connectivity index (χ1n) is 11.2. The number of hydrogen-bond donors (Lipinski definition) is 2. The minimum atomic E-state index is -4.02. The highest BCUT2D eigenvalue weighted by molar-refractivity contribution is 7.85. The van der Waals surface area contributed by atoms with Crippen LogP contribution in [0.1, 0.15) is 5.56 Å². The van der Waals surface area contributed by atoms with Crippen LogP contribution < -0.4 is 4.90 Å². The maximum atomic E-state index is 10.5. The average molecular weight is 478 g/mol. The van der Waals surface area contributed by atoms with Crippen LogP contribution in [-0.2, 0) is 10.1 Å². The van der Waals surface area contributed by atoms with Crippen molar-refractivity contribution in [2.45, 2.75) is 17.9 Å². The quantitative estimate of drug-likeness (QED) is 0.435. The lowest BCUT2D eigenvalue weighted by Gasteiger charge is -2.40. The maximum absolute atomic E-state index is 10.5. The second-order valence-electron chi connectivity index (χ2n) is 9.03. The van der Waals surface area contributed by atoms with E-state index in [0.717, 1.165) is 52.8 Å². The standard InChI is InChI=1S/C18H19N5.C7H8O3S/c1-22-9-15-10-23(11-17(15)22)16-5-14(6-19-8-16)13-4-12-2-3-20-18(12)21-7-13;1-6-2-4-7(5-3-6)11(8,9)10/h2-8,15,17H,9-11H2,1H3,(H,20,21);2-5H,1H3,(H,8,9,10)/t15-,17+;/m0./s1. The molecule has 2 aliphatic heterocycles. The van der Waals surface area contributed by atoms with Crippen molar-refractivity contribution >= 4 is 26.8 Å². The summed E-state index contributed by atoms with van der Waals surface area (Å²) < 4.78 is 29.6. The van der Waals surface area contributed by atoms with E-state index in [-0.39, 0.29) is 4.90 Å². The maximum Gasteiger partial charge on any atom is 0.294 e. The summed E-state index contributed by atoms with van der Waals surface area (Å²) in [4.78, 5) is 16.9. The topological polar surface area (TPSA) is 102 Å². The van der Waals surface area contributed by atoms with Gasteiger partial charge in [0.1, 0.15) is 5.65 Å². The Morgan fingerprint density at radius 3 is 2.47 bits per heavy atom. The number of nitrogens with one attached hydrogen (secondary N) is 1. The van der Waals surface area contributed by atoms with Crippen molar-refractivity contribution in [1.29, 1.82) is 0 Å². The highest BCUT2D eigenvalue weighted by Crippen LogP contribution is 2.34. The number of aromatic amines is 1. The number of nitrogens with zero attached hydrogens (tertiary/aromatic N) is 4. The van der Waals surface area contributed by atoms with E-state index in [2.05, 4.69) is 50.0 Å². The molecule has 1 aromatic carbocycles. The zero-order chi connectivity index (χ0) is 23.9. The van der Waals surface area contributed by atoms with Crippen LogP contribution in [0.3, 0.4) is 0 Å². The molecular formula is C25H27N5O3S. The van der Waals surface area contributed by atoms with E-state index in [4.69, 9.17) is 4.55 Å². The number of aromatic nitrogens is 3. The van der Waals surface area contributed by atoms with Gasteiger partial charge in [0, 0.05) is 66.7 Å². The minimum Gasteiger partial charge on any atom is -0.368 e. The van der Waals surface area contributed by atoms with E-state index in [1.807, 2.05) is 31.7 Å². The van der Waals surface area contributed by atoms with Crippen molar-refractivity contribution in [2.75, 3.05) is 31.6 Å². The van der Waals surface area contributed by atoms with Gasteiger partial charge < -0.3 is 14.8 Å². The zero-order valence-electron chi connectivity index (χ0n) is 19.1. The number of fused-ring (bicyclic) bond motifs is 2.